The Kier molecular flexibility index (Phi) is 5.05. The number of likely N-dealkylation sites (tertiary alicyclic amines) is 2. The molecule has 2 aliphatic heterocycles. The molecule has 0 aromatic rings. The molecule has 18 heavy (non-hydrogen) atoms. The molecular weight excluding hydrogens is 222 g/mol. The van der Waals surface area contributed by atoms with Crippen LogP contribution in [0.2, 0.25) is 0 Å². The predicted molar refractivity (Wildman–Crippen MR) is 77.7 cm³/mol. The number of hydrogen-bond donors (Lipinski definition) is 1. The van der Waals surface area contributed by atoms with Gasteiger partial charge in [0.05, 0.1) is 0 Å². The molecule has 2 rings (SSSR count). The monoisotopic (exact) mass is 253 g/mol. The van der Waals surface area contributed by atoms with Crippen LogP contribution >= 0.6 is 0 Å². The molecule has 2 aliphatic rings. The number of nitrogens with two attached hydrogens (primary N) is 1. The molecule has 0 unspecified atom stereocenters. The largest absolute Gasteiger partial charge is 0.328 e. The van der Waals surface area contributed by atoms with Crippen molar-refractivity contribution in [3.8, 4) is 0 Å². The van der Waals surface area contributed by atoms with Crippen LogP contribution in [-0.4, -0.2) is 55.1 Å². The Balaban J connectivity index is 1.67. The lowest BCUT2D eigenvalue weighted by Gasteiger charge is -2.32. The summed E-state index contributed by atoms with van der Waals surface area (Å²) in [6.45, 7) is 12.3. The highest BCUT2D eigenvalue weighted by molar-refractivity contribution is 4.78. The van der Waals surface area contributed by atoms with Crippen molar-refractivity contribution in [3.05, 3.63) is 0 Å². The first-order valence-electron chi connectivity index (χ1n) is 7.75. The fraction of sp³-hybridized carbons (Fsp3) is 1.00. The zero-order valence-corrected chi connectivity index (χ0v) is 12.3. The number of rotatable bonds is 3. The van der Waals surface area contributed by atoms with Crippen molar-refractivity contribution < 1.29 is 0 Å². The van der Waals surface area contributed by atoms with Gasteiger partial charge in [0.2, 0.25) is 0 Å². The lowest BCUT2D eigenvalue weighted by atomic mass is 9.85. The van der Waals surface area contributed by atoms with Crippen LogP contribution in [0.15, 0.2) is 0 Å². The second kappa shape index (κ2) is 6.36. The molecular formula is C15H31N3. The lowest BCUT2D eigenvalue weighted by Crippen LogP contribution is -2.43. The Morgan fingerprint density at radius 2 is 1.56 bits per heavy atom. The van der Waals surface area contributed by atoms with Gasteiger partial charge < -0.3 is 15.5 Å². The van der Waals surface area contributed by atoms with Crippen LogP contribution < -0.4 is 5.73 Å². The third kappa shape index (κ3) is 4.52. The molecule has 0 bridgehead atoms. The maximum atomic E-state index is 5.95. The van der Waals surface area contributed by atoms with Gasteiger partial charge in [0.15, 0.2) is 0 Å². The van der Waals surface area contributed by atoms with Crippen LogP contribution in [0, 0.1) is 5.41 Å². The molecule has 0 aromatic heterocycles. The normalized spacial score (nSPS) is 28.2. The molecule has 0 aliphatic carbocycles. The Hall–Kier alpha value is -0.120. The summed E-state index contributed by atoms with van der Waals surface area (Å²) in [6, 6.07) is 0.459. The van der Waals surface area contributed by atoms with Crippen molar-refractivity contribution in [1.82, 2.24) is 9.80 Å². The molecule has 3 nitrogen and oxygen atoms in total. The molecule has 2 saturated heterocycles. The van der Waals surface area contributed by atoms with E-state index in [2.05, 4.69) is 23.6 Å². The topological polar surface area (TPSA) is 32.5 Å². The van der Waals surface area contributed by atoms with Gasteiger partial charge in [-0.1, -0.05) is 13.8 Å². The smallest absolute Gasteiger partial charge is 0.0109 e. The van der Waals surface area contributed by atoms with E-state index < -0.39 is 0 Å². The fourth-order valence-corrected chi connectivity index (χ4v) is 3.16. The number of nitrogens with zero attached hydrogens (tertiary/aromatic N) is 2. The molecule has 3 heteroatoms. The van der Waals surface area contributed by atoms with Crippen molar-refractivity contribution in [2.75, 3.05) is 39.3 Å². The summed E-state index contributed by atoms with van der Waals surface area (Å²) in [4.78, 5) is 5.27. The molecule has 2 N–H and O–H groups in total. The van der Waals surface area contributed by atoms with Crippen molar-refractivity contribution in [3.63, 3.8) is 0 Å². The van der Waals surface area contributed by atoms with Gasteiger partial charge in [-0.2, -0.15) is 0 Å². The van der Waals surface area contributed by atoms with E-state index in [9.17, 15) is 0 Å². The molecule has 106 valence electrons. The fourth-order valence-electron chi connectivity index (χ4n) is 3.16. The lowest BCUT2D eigenvalue weighted by molar-refractivity contribution is 0.173. The van der Waals surface area contributed by atoms with E-state index in [4.69, 9.17) is 5.73 Å². The second-order valence-corrected chi connectivity index (χ2v) is 7.04. The third-order valence-corrected chi connectivity index (χ3v) is 4.80. The first kappa shape index (κ1) is 14.3. The summed E-state index contributed by atoms with van der Waals surface area (Å²) in [5.74, 6) is 0. The molecule has 0 amide bonds. The van der Waals surface area contributed by atoms with Crippen molar-refractivity contribution in [2.45, 2.75) is 52.0 Å². The van der Waals surface area contributed by atoms with Crippen LogP contribution in [-0.2, 0) is 0 Å². The van der Waals surface area contributed by atoms with E-state index >= 15 is 0 Å². The summed E-state index contributed by atoms with van der Waals surface area (Å²) in [5.41, 5.74) is 6.51. The van der Waals surface area contributed by atoms with Crippen molar-refractivity contribution in [1.29, 1.82) is 0 Å². The predicted octanol–water partition coefficient (Wildman–Crippen LogP) is 1.92. The van der Waals surface area contributed by atoms with Gasteiger partial charge >= 0.3 is 0 Å². The van der Waals surface area contributed by atoms with Gasteiger partial charge in [0.1, 0.15) is 0 Å². The summed E-state index contributed by atoms with van der Waals surface area (Å²) in [6.07, 6.45) is 6.50. The molecule has 0 aromatic carbocycles. The van der Waals surface area contributed by atoms with Gasteiger partial charge in [-0.15, -0.1) is 0 Å². The van der Waals surface area contributed by atoms with E-state index in [0.717, 1.165) is 0 Å². The first-order valence-corrected chi connectivity index (χ1v) is 7.75. The number of piperidine rings is 1. The maximum Gasteiger partial charge on any atom is 0.0109 e. The summed E-state index contributed by atoms with van der Waals surface area (Å²) in [5, 5.41) is 0. The minimum atomic E-state index is 0.459. The minimum Gasteiger partial charge on any atom is -0.328 e. The standard InChI is InChI=1S/C15H31N3/c1-15(2)6-3-8-17(11-7-15)12-13-18-9-4-14(16)5-10-18/h14H,3-13,16H2,1-2H3. The average molecular weight is 253 g/mol. The first-order chi connectivity index (χ1) is 8.55. The van der Waals surface area contributed by atoms with Crippen LogP contribution in [0.4, 0.5) is 0 Å². The average Bonchev–Trinajstić information content (AvgIpc) is 2.50. The van der Waals surface area contributed by atoms with E-state index in [1.807, 2.05) is 0 Å². The quantitative estimate of drug-likeness (QED) is 0.834. The number of hydrogen-bond acceptors (Lipinski definition) is 3. The van der Waals surface area contributed by atoms with Crippen molar-refractivity contribution in [2.24, 2.45) is 11.1 Å². The SMILES string of the molecule is CC1(C)CCCN(CCN2CCC(N)CC2)CC1. The Morgan fingerprint density at radius 1 is 0.944 bits per heavy atom. The zero-order chi connectivity index (χ0) is 13.0. The van der Waals surface area contributed by atoms with Gasteiger partial charge in [-0.25, -0.2) is 0 Å². The van der Waals surface area contributed by atoms with E-state index in [0.29, 0.717) is 11.5 Å². The van der Waals surface area contributed by atoms with Crippen LogP contribution in [0.1, 0.15) is 46.0 Å². The van der Waals surface area contributed by atoms with Crippen LogP contribution in [0.5, 0.6) is 0 Å². The molecule has 0 radical (unpaired) electrons. The highest BCUT2D eigenvalue weighted by Gasteiger charge is 2.23. The van der Waals surface area contributed by atoms with Crippen molar-refractivity contribution >= 4 is 0 Å². The third-order valence-electron chi connectivity index (χ3n) is 4.80. The van der Waals surface area contributed by atoms with E-state index in [1.54, 1.807) is 0 Å². The van der Waals surface area contributed by atoms with E-state index in [-0.39, 0.29) is 0 Å². The maximum absolute atomic E-state index is 5.95. The molecule has 0 atom stereocenters. The van der Waals surface area contributed by atoms with Gasteiger partial charge in [0, 0.05) is 19.1 Å². The molecule has 2 fully saturated rings. The van der Waals surface area contributed by atoms with Crippen LogP contribution in [0.3, 0.4) is 0 Å². The Bertz CT molecular complexity index is 244. The molecule has 0 spiro atoms. The van der Waals surface area contributed by atoms with Crippen LogP contribution in [0.25, 0.3) is 0 Å². The second-order valence-electron chi connectivity index (χ2n) is 7.04. The molecule has 2 heterocycles. The molecule has 0 saturated carbocycles. The highest BCUT2D eigenvalue weighted by atomic mass is 15.2. The van der Waals surface area contributed by atoms with Gasteiger partial charge in [0.25, 0.3) is 0 Å². The zero-order valence-electron chi connectivity index (χ0n) is 12.3. The summed E-state index contributed by atoms with van der Waals surface area (Å²) in [7, 11) is 0. The Morgan fingerprint density at radius 3 is 2.22 bits per heavy atom. The summed E-state index contributed by atoms with van der Waals surface area (Å²) < 4.78 is 0. The minimum absolute atomic E-state index is 0.459. The van der Waals surface area contributed by atoms with Gasteiger partial charge in [-0.3, -0.25) is 0 Å². The van der Waals surface area contributed by atoms with E-state index in [1.165, 1.54) is 71.4 Å². The highest BCUT2D eigenvalue weighted by Crippen LogP contribution is 2.29. The Labute approximate surface area is 113 Å². The summed E-state index contributed by atoms with van der Waals surface area (Å²) >= 11 is 0. The van der Waals surface area contributed by atoms with Gasteiger partial charge in [-0.05, 0) is 63.7 Å².